The molecule has 0 unspecified atom stereocenters. The van der Waals surface area contributed by atoms with Crippen molar-refractivity contribution in [2.75, 3.05) is 7.11 Å². The molecule has 2 heterocycles. The molecule has 7 nitrogen and oxygen atoms in total. The average molecular weight is 330 g/mol. The number of ether oxygens (including phenoxy) is 3. The standard InChI is InChI=1S/C17H14O7/c1-22-11-4-7(18)5-12-13(11)15(21)17-16(24-12)8-2-3-10(19)14(20)9(8)6-23-17/h2-5,16-20H,6H2,1H3/t16-,17-/m0/s1. The van der Waals surface area contributed by atoms with Gasteiger partial charge in [0.25, 0.3) is 0 Å². The van der Waals surface area contributed by atoms with E-state index < -0.39 is 12.2 Å². The number of Topliss-reactive ketones (excluding diaryl/α,β-unsaturated/α-hetero) is 1. The molecule has 0 fully saturated rings. The van der Waals surface area contributed by atoms with Crippen LogP contribution >= 0.6 is 0 Å². The van der Waals surface area contributed by atoms with E-state index in [1.807, 2.05) is 0 Å². The van der Waals surface area contributed by atoms with Crippen LogP contribution in [0.4, 0.5) is 0 Å². The average Bonchev–Trinajstić information content (AvgIpc) is 2.57. The van der Waals surface area contributed by atoms with Gasteiger partial charge >= 0.3 is 0 Å². The van der Waals surface area contributed by atoms with Crippen LogP contribution in [0.15, 0.2) is 24.3 Å². The Hall–Kier alpha value is -2.93. The highest BCUT2D eigenvalue weighted by Gasteiger charge is 2.45. The van der Waals surface area contributed by atoms with E-state index in [1.54, 1.807) is 6.07 Å². The maximum Gasteiger partial charge on any atom is 0.203 e. The number of benzene rings is 2. The van der Waals surface area contributed by atoms with Crippen molar-refractivity contribution in [1.82, 2.24) is 0 Å². The van der Waals surface area contributed by atoms with Crippen molar-refractivity contribution in [1.29, 1.82) is 0 Å². The van der Waals surface area contributed by atoms with E-state index in [0.29, 0.717) is 11.1 Å². The molecule has 0 bridgehead atoms. The van der Waals surface area contributed by atoms with Crippen LogP contribution in [0.3, 0.4) is 0 Å². The van der Waals surface area contributed by atoms with Gasteiger partial charge in [0.05, 0.1) is 13.7 Å². The van der Waals surface area contributed by atoms with Crippen LogP contribution in [0.5, 0.6) is 28.7 Å². The SMILES string of the molecule is COc1cc(O)cc2c1C(=O)[C@@H]1OCc3c(ccc(O)c3O)[C@@H]1O2. The number of phenols is 3. The molecule has 0 aromatic heterocycles. The Bertz CT molecular complexity index is 859. The van der Waals surface area contributed by atoms with E-state index in [1.165, 1.54) is 25.3 Å². The lowest BCUT2D eigenvalue weighted by molar-refractivity contribution is -0.0433. The molecule has 0 amide bonds. The number of ketones is 1. The normalized spacial score (nSPS) is 21.3. The van der Waals surface area contributed by atoms with Crippen molar-refractivity contribution in [3.63, 3.8) is 0 Å². The maximum absolute atomic E-state index is 12.8. The van der Waals surface area contributed by atoms with Crippen LogP contribution in [-0.2, 0) is 11.3 Å². The summed E-state index contributed by atoms with van der Waals surface area (Å²) in [6, 6.07) is 5.59. The minimum absolute atomic E-state index is 0.0262. The van der Waals surface area contributed by atoms with Gasteiger partial charge in [-0.05, 0) is 6.07 Å². The number of carbonyl (C=O) groups excluding carboxylic acids is 1. The Kier molecular flexibility index (Phi) is 3.07. The lowest BCUT2D eigenvalue weighted by atomic mass is 9.88. The number of fused-ring (bicyclic) bond motifs is 4. The highest BCUT2D eigenvalue weighted by Crippen LogP contribution is 2.47. The lowest BCUT2D eigenvalue weighted by Gasteiger charge is -2.37. The fourth-order valence-electron chi connectivity index (χ4n) is 3.17. The van der Waals surface area contributed by atoms with E-state index in [0.717, 1.165) is 0 Å². The Morgan fingerprint density at radius 1 is 1.17 bits per heavy atom. The van der Waals surface area contributed by atoms with E-state index in [4.69, 9.17) is 14.2 Å². The molecule has 0 saturated carbocycles. The molecule has 0 radical (unpaired) electrons. The Morgan fingerprint density at radius 3 is 2.71 bits per heavy atom. The van der Waals surface area contributed by atoms with Crippen molar-refractivity contribution < 1.29 is 34.3 Å². The smallest absolute Gasteiger partial charge is 0.203 e. The van der Waals surface area contributed by atoms with Crippen molar-refractivity contribution in [3.8, 4) is 28.7 Å². The summed E-state index contributed by atoms with van der Waals surface area (Å²) in [6.45, 7) is -0.0262. The van der Waals surface area contributed by atoms with E-state index in [-0.39, 0.29) is 46.7 Å². The topological polar surface area (TPSA) is 105 Å². The first-order valence-corrected chi connectivity index (χ1v) is 7.28. The van der Waals surface area contributed by atoms with Gasteiger partial charge < -0.3 is 29.5 Å². The summed E-state index contributed by atoms with van der Waals surface area (Å²) >= 11 is 0. The minimum atomic E-state index is -0.896. The number of hydrogen-bond acceptors (Lipinski definition) is 7. The summed E-state index contributed by atoms with van der Waals surface area (Å²) in [4.78, 5) is 12.8. The fourth-order valence-corrected chi connectivity index (χ4v) is 3.17. The molecule has 3 N–H and O–H groups in total. The molecule has 124 valence electrons. The van der Waals surface area contributed by atoms with E-state index in [9.17, 15) is 20.1 Å². The molecule has 2 aromatic carbocycles. The van der Waals surface area contributed by atoms with Crippen molar-refractivity contribution >= 4 is 5.78 Å². The molecule has 0 saturated heterocycles. The zero-order valence-corrected chi connectivity index (χ0v) is 12.6. The molecule has 4 rings (SSSR count). The number of hydrogen-bond donors (Lipinski definition) is 3. The Morgan fingerprint density at radius 2 is 1.96 bits per heavy atom. The third kappa shape index (κ3) is 1.91. The molecule has 2 aliphatic rings. The van der Waals surface area contributed by atoms with Gasteiger partial charge in [-0.1, -0.05) is 6.07 Å². The highest BCUT2D eigenvalue weighted by molar-refractivity contribution is 6.06. The van der Waals surface area contributed by atoms with Gasteiger partial charge in [-0.15, -0.1) is 0 Å². The number of aromatic hydroxyl groups is 3. The van der Waals surface area contributed by atoms with Gasteiger partial charge in [0, 0.05) is 23.3 Å². The second-order valence-corrected chi connectivity index (χ2v) is 5.66. The second-order valence-electron chi connectivity index (χ2n) is 5.66. The zero-order valence-electron chi connectivity index (χ0n) is 12.6. The quantitative estimate of drug-likeness (QED) is 0.687. The Balaban J connectivity index is 1.87. The van der Waals surface area contributed by atoms with E-state index in [2.05, 4.69) is 0 Å². The van der Waals surface area contributed by atoms with Crippen LogP contribution in [0.25, 0.3) is 0 Å². The third-order valence-electron chi connectivity index (χ3n) is 4.32. The summed E-state index contributed by atoms with van der Waals surface area (Å²) in [6.07, 6.45) is -1.68. The molecule has 0 spiro atoms. The molecule has 2 aliphatic heterocycles. The van der Waals surface area contributed by atoms with Crippen LogP contribution in [-0.4, -0.2) is 34.3 Å². The van der Waals surface area contributed by atoms with Gasteiger partial charge in [0.15, 0.2) is 23.7 Å². The number of carbonyl (C=O) groups is 1. The Labute approximate surface area is 136 Å². The molecular formula is C17H14O7. The number of phenolic OH excluding ortho intramolecular Hbond substituents is 3. The first-order valence-electron chi connectivity index (χ1n) is 7.28. The molecule has 24 heavy (non-hydrogen) atoms. The predicted molar refractivity (Wildman–Crippen MR) is 80.7 cm³/mol. The largest absolute Gasteiger partial charge is 0.508 e. The molecular weight excluding hydrogens is 316 g/mol. The van der Waals surface area contributed by atoms with Crippen molar-refractivity contribution in [3.05, 3.63) is 41.0 Å². The fraction of sp³-hybridized carbons (Fsp3) is 0.235. The van der Waals surface area contributed by atoms with Gasteiger partial charge in [-0.25, -0.2) is 0 Å². The first-order chi connectivity index (χ1) is 11.5. The van der Waals surface area contributed by atoms with Gasteiger partial charge in [-0.3, -0.25) is 4.79 Å². The van der Waals surface area contributed by atoms with Gasteiger partial charge in [-0.2, -0.15) is 0 Å². The summed E-state index contributed by atoms with van der Waals surface area (Å²) in [5.41, 5.74) is 1.14. The minimum Gasteiger partial charge on any atom is -0.508 e. The highest BCUT2D eigenvalue weighted by atomic mass is 16.6. The van der Waals surface area contributed by atoms with Gasteiger partial charge in [0.2, 0.25) is 5.78 Å². The zero-order chi connectivity index (χ0) is 17.0. The van der Waals surface area contributed by atoms with Crippen molar-refractivity contribution in [2.45, 2.75) is 18.8 Å². The molecule has 2 aromatic rings. The third-order valence-corrected chi connectivity index (χ3v) is 4.32. The predicted octanol–water partition coefficient (Wildman–Crippen LogP) is 2.03. The monoisotopic (exact) mass is 330 g/mol. The number of rotatable bonds is 1. The van der Waals surface area contributed by atoms with E-state index >= 15 is 0 Å². The molecule has 0 aliphatic carbocycles. The lowest BCUT2D eigenvalue weighted by Crippen LogP contribution is -2.41. The van der Waals surface area contributed by atoms with Crippen LogP contribution in [0.1, 0.15) is 27.6 Å². The summed E-state index contributed by atoms with van der Waals surface area (Å²) < 4.78 is 16.6. The second kappa shape index (κ2) is 5.04. The van der Waals surface area contributed by atoms with Crippen LogP contribution in [0.2, 0.25) is 0 Å². The summed E-state index contributed by atoms with van der Waals surface area (Å²) in [5, 5.41) is 29.4. The first kappa shape index (κ1) is 14.6. The van der Waals surface area contributed by atoms with Gasteiger partial charge in [0.1, 0.15) is 22.8 Å². The maximum atomic E-state index is 12.8. The molecule has 2 atom stereocenters. The molecule has 7 heteroatoms. The van der Waals surface area contributed by atoms with Crippen molar-refractivity contribution in [2.24, 2.45) is 0 Å². The summed E-state index contributed by atoms with van der Waals surface area (Å²) in [7, 11) is 1.40. The summed E-state index contributed by atoms with van der Waals surface area (Å²) in [5.74, 6) is -0.587. The van der Waals surface area contributed by atoms with Crippen LogP contribution in [0, 0.1) is 0 Å². The van der Waals surface area contributed by atoms with Crippen LogP contribution < -0.4 is 9.47 Å². The number of methoxy groups -OCH3 is 1.